The van der Waals surface area contributed by atoms with E-state index in [2.05, 4.69) is 5.32 Å². The number of amides is 2. The highest BCUT2D eigenvalue weighted by atomic mass is 32.2. The van der Waals surface area contributed by atoms with Crippen LogP contribution in [0.2, 0.25) is 0 Å². The van der Waals surface area contributed by atoms with Crippen molar-refractivity contribution in [1.82, 2.24) is 0 Å². The molecule has 24 heavy (non-hydrogen) atoms. The Balaban J connectivity index is 1.90. The van der Waals surface area contributed by atoms with Gasteiger partial charge >= 0.3 is 0 Å². The van der Waals surface area contributed by atoms with Crippen molar-refractivity contribution in [1.29, 1.82) is 0 Å². The zero-order valence-corrected chi connectivity index (χ0v) is 14.1. The number of carbonyl (C=O) groups is 2. The molecule has 0 radical (unpaired) electrons. The molecular formula is C18H16N2O3S. The van der Waals surface area contributed by atoms with Gasteiger partial charge in [0.15, 0.2) is 0 Å². The number of benzene rings is 2. The van der Waals surface area contributed by atoms with Crippen LogP contribution in [0.1, 0.15) is 12.5 Å². The lowest BCUT2D eigenvalue weighted by molar-refractivity contribution is -0.122. The largest absolute Gasteiger partial charge is 0.497 e. The van der Waals surface area contributed by atoms with Gasteiger partial charge in [0.05, 0.1) is 12.4 Å². The van der Waals surface area contributed by atoms with Crippen LogP contribution in [0.3, 0.4) is 0 Å². The fourth-order valence-corrected chi connectivity index (χ4v) is 4.77. The summed E-state index contributed by atoms with van der Waals surface area (Å²) in [6.45, 7) is 1.84. The summed E-state index contributed by atoms with van der Waals surface area (Å²) in [6.07, 6.45) is 0. The standard InChI is InChI=1S/C18H16N2O3S/c1-11-16(21)20(12-7-9-13(23-2)10-8-12)18(24-11)14-5-3-4-6-15(14)19-17(18)22/h3-11H,1-2H3,(H,19,22)/t11-,18-/m1/s1. The molecule has 2 amide bonds. The highest BCUT2D eigenvalue weighted by Gasteiger charge is 2.60. The van der Waals surface area contributed by atoms with Crippen molar-refractivity contribution in [2.24, 2.45) is 0 Å². The number of nitrogens with one attached hydrogen (secondary N) is 1. The van der Waals surface area contributed by atoms with Gasteiger partial charge in [0, 0.05) is 16.9 Å². The Labute approximate surface area is 144 Å². The molecule has 2 aromatic rings. The van der Waals surface area contributed by atoms with Crippen molar-refractivity contribution in [3.63, 3.8) is 0 Å². The van der Waals surface area contributed by atoms with Gasteiger partial charge in [-0.05, 0) is 37.3 Å². The van der Waals surface area contributed by atoms with E-state index in [9.17, 15) is 9.59 Å². The van der Waals surface area contributed by atoms with E-state index in [-0.39, 0.29) is 17.1 Å². The molecule has 122 valence electrons. The minimum absolute atomic E-state index is 0.0722. The second-order valence-electron chi connectivity index (χ2n) is 5.78. The van der Waals surface area contributed by atoms with Crippen molar-refractivity contribution in [2.75, 3.05) is 17.3 Å². The molecule has 0 bridgehead atoms. The highest BCUT2D eigenvalue weighted by Crippen LogP contribution is 2.55. The molecule has 6 heteroatoms. The minimum Gasteiger partial charge on any atom is -0.497 e. The van der Waals surface area contributed by atoms with Crippen LogP contribution < -0.4 is 15.0 Å². The first-order chi connectivity index (χ1) is 11.6. The van der Waals surface area contributed by atoms with Gasteiger partial charge in [-0.15, -0.1) is 11.8 Å². The number of nitrogens with zero attached hydrogens (tertiary/aromatic N) is 1. The Hall–Kier alpha value is -2.47. The summed E-state index contributed by atoms with van der Waals surface area (Å²) in [5.74, 6) is 0.454. The van der Waals surface area contributed by atoms with Crippen molar-refractivity contribution in [3.05, 3.63) is 54.1 Å². The molecule has 2 aliphatic heterocycles. The summed E-state index contributed by atoms with van der Waals surface area (Å²) in [7, 11) is 1.59. The van der Waals surface area contributed by atoms with E-state index < -0.39 is 4.87 Å². The molecule has 2 atom stereocenters. The number of methoxy groups -OCH3 is 1. The summed E-state index contributed by atoms with van der Waals surface area (Å²) in [5.41, 5.74) is 2.27. The van der Waals surface area contributed by atoms with Gasteiger partial charge in [-0.2, -0.15) is 0 Å². The van der Waals surface area contributed by atoms with Crippen LogP contribution in [-0.4, -0.2) is 24.2 Å². The Kier molecular flexibility index (Phi) is 3.31. The van der Waals surface area contributed by atoms with Crippen molar-refractivity contribution < 1.29 is 14.3 Å². The summed E-state index contributed by atoms with van der Waals surface area (Å²) >= 11 is 1.38. The number of hydrogen-bond acceptors (Lipinski definition) is 4. The predicted octanol–water partition coefficient (Wildman–Crippen LogP) is 2.97. The first kappa shape index (κ1) is 15.1. The van der Waals surface area contributed by atoms with Crippen molar-refractivity contribution in [2.45, 2.75) is 17.0 Å². The maximum absolute atomic E-state index is 12.9. The van der Waals surface area contributed by atoms with E-state index in [1.807, 2.05) is 43.3 Å². The second-order valence-corrected chi connectivity index (χ2v) is 7.31. The predicted molar refractivity (Wildman–Crippen MR) is 94.3 cm³/mol. The van der Waals surface area contributed by atoms with Crippen LogP contribution in [-0.2, 0) is 14.5 Å². The SMILES string of the molecule is COc1ccc(N2C(=O)[C@@H](C)S[C@]23C(=O)Nc2ccccc23)cc1. The van der Waals surface area contributed by atoms with Crippen LogP contribution >= 0.6 is 11.8 Å². The van der Waals surface area contributed by atoms with Gasteiger partial charge in [0.1, 0.15) is 5.75 Å². The van der Waals surface area contributed by atoms with E-state index in [1.54, 1.807) is 24.1 Å². The molecule has 1 fully saturated rings. The maximum atomic E-state index is 12.9. The van der Waals surface area contributed by atoms with Gasteiger partial charge in [0.25, 0.3) is 5.91 Å². The van der Waals surface area contributed by atoms with Crippen LogP contribution in [0.15, 0.2) is 48.5 Å². The molecule has 0 unspecified atom stereocenters. The molecule has 1 spiro atoms. The van der Waals surface area contributed by atoms with E-state index in [1.165, 1.54) is 11.8 Å². The van der Waals surface area contributed by atoms with Crippen LogP contribution in [0.5, 0.6) is 5.75 Å². The summed E-state index contributed by atoms with van der Waals surface area (Å²) < 4.78 is 5.19. The third kappa shape index (κ3) is 1.89. The molecule has 4 rings (SSSR count). The molecule has 1 N–H and O–H groups in total. The first-order valence-electron chi connectivity index (χ1n) is 7.65. The summed E-state index contributed by atoms with van der Waals surface area (Å²) in [6, 6.07) is 14.7. The molecule has 5 nitrogen and oxygen atoms in total. The number of thioether (sulfide) groups is 1. The van der Waals surface area contributed by atoms with Crippen molar-refractivity contribution in [3.8, 4) is 5.75 Å². The average Bonchev–Trinajstić information content (AvgIpc) is 3.03. The van der Waals surface area contributed by atoms with Crippen LogP contribution in [0.4, 0.5) is 11.4 Å². The first-order valence-corrected chi connectivity index (χ1v) is 8.53. The Bertz CT molecular complexity index is 836. The molecule has 0 saturated carbocycles. The number of fused-ring (bicyclic) bond motifs is 2. The van der Waals surface area contributed by atoms with Gasteiger partial charge in [-0.25, -0.2) is 0 Å². The van der Waals surface area contributed by atoms with Gasteiger partial charge in [-0.1, -0.05) is 18.2 Å². The summed E-state index contributed by atoms with van der Waals surface area (Å²) in [4.78, 5) is 26.3. The third-order valence-electron chi connectivity index (χ3n) is 4.41. The van der Waals surface area contributed by atoms with Crippen molar-refractivity contribution >= 4 is 35.0 Å². The van der Waals surface area contributed by atoms with Gasteiger partial charge in [0.2, 0.25) is 10.8 Å². The molecule has 0 aromatic heterocycles. The highest BCUT2D eigenvalue weighted by molar-refractivity contribution is 8.03. The Morgan fingerprint density at radius 3 is 2.54 bits per heavy atom. The Morgan fingerprint density at radius 2 is 1.83 bits per heavy atom. The lowest BCUT2D eigenvalue weighted by Gasteiger charge is -2.32. The number of para-hydroxylation sites is 1. The fraction of sp³-hybridized carbons (Fsp3) is 0.222. The smallest absolute Gasteiger partial charge is 0.266 e. The van der Waals surface area contributed by atoms with E-state index in [0.29, 0.717) is 11.4 Å². The third-order valence-corrected chi connectivity index (χ3v) is 5.89. The molecular weight excluding hydrogens is 324 g/mol. The minimum atomic E-state index is -1.05. The zero-order chi connectivity index (χ0) is 16.9. The monoisotopic (exact) mass is 340 g/mol. The zero-order valence-electron chi connectivity index (χ0n) is 13.3. The number of hydrogen-bond donors (Lipinski definition) is 1. The number of carbonyl (C=O) groups excluding carboxylic acids is 2. The topological polar surface area (TPSA) is 58.6 Å². The van der Waals surface area contributed by atoms with E-state index >= 15 is 0 Å². The quantitative estimate of drug-likeness (QED) is 0.913. The molecule has 2 aliphatic rings. The number of ether oxygens (including phenoxy) is 1. The molecule has 2 heterocycles. The van der Waals surface area contributed by atoms with Gasteiger partial charge < -0.3 is 10.1 Å². The second kappa shape index (κ2) is 5.27. The normalized spacial score (nSPS) is 25.1. The molecule has 2 aromatic carbocycles. The molecule has 1 saturated heterocycles. The fourth-order valence-electron chi connectivity index (χ4n) is 3.29. The lowest BCUT2D eigenvalue weighted by Crippen LogP contribution is -2.47. The van der Waals surface area contributed by atoms with Gasteiger partial charge in [-0.3, -0.25) is 14.5 Å². The van der Waals surface area contributed by atoms with E-state index in [0.717, 1.165) is 11.3 Å². The number of rotatable bonds is 2. The maximum Gasteiger partial charge on any atom is 0.266 e. The Morgan fingerprint density at radius 1 is 1.12 bits per heavy atom. The average molecular weight is 340 g/mol. The van der Waals surface area contributed by atoms with Crippen LogP contribution in [0, 0.1) is 0 Å². The lowest BCUT2D eigenvalue weighted by atomic mass is 10.0. The van der Waals surface area contributed by atoms with Crippen LogP contribution in [0.25, 0.3) is 0 Å². The van der Waals surface area contributed by atoms with E-state index in [4.69, 9.17) is 4.74 Å². The molecule has 0 aliphatic carbocycles. The summed E-state index contributed by atoms with van der Waals surface area (Å²) in [5, 5.41) is 2.61. The number of anilines is 2.